The molecule has 13 N–H and O–H groups in total. The Labute approximate surface area is 421 Å². The van der Waals surface area contributed by atoms with Crippen LogP contribution in [0.4, 0.5) is 0 Å². The number of fused-ring (bicyclic) bond motifs is 2. The molecule has 6 unspecified atom stereocenters. The Hall–Kier alpha value is -5.42. The lowest BCUT2D eigenvalue weighted by molar-refractivity contribution is -0.146. The predicted octanol–water partition coefficient (Wildman–Crippen LogP) is -0.601. The molecule has 1 aromatic carbocycles. The number of unbranched alkanes of at least 4 members (excludes halogenated alkanes) is 5. The van der Waals surface area contributed by atoms with E-state index in [1.165, 1.54) is 50.5 Å². The minimum absolute atomic E-state index is 0.0365. The fourth-order valence-electron chi connectivity index (χ4n) is 9.71. The Kier molecular flexibility index (Phi) is 23.6. The average Bonchev–Trinajstić information content (AvgIpc) is 3.98. The third-order valence-electron chi connectivity index (χ3n) is 14.0. The molecule has 0 aromatic heterocycles. The minimum atomic E-state index is -1.96. The molecule has 22 nitrogen and oxygen atoms in total. The number of nitrogens with zero attached hydrogens (tertiary/aromatic N) is 2. The van der Waals surface area contributed by atoms with Crippen LogP contribution in [-0.2, 0) is 38.4 Å². The smallest absolute Gasteiger partial charge is 0.248 e. The maximum Gasteiger partial charge on any atom is 0.248 e. The van der Waals surface area contributed by atoms with Crippen molar-refractivity contribution >= 4 is 47.3 Å². The zero-order valence-corrected chi connectivity index (χ0v) is 42.2. The lowest BCUT2D eigenvalue weighted by Gasteiger charge is -2.33. The van der Waals surface area contributed by atoms with Crippen molar-refractivity contribution in [3.63, 3.8) is 0 Å². The molecule has 4 rings (SSSR count). The third kappa shape index (κ3) is 18.0. The quantitative estimate of drug-likeness (QED) is 0.0727. The lowest BCUT2D eigenvalue weighted by atomic mass is 9.91. The minimum Gasteiger partial charge on any atom is -0.508 e. The number of nitrogens with two attached hydrogens (primary N) is 1. The third-order valence-corrected chi connectivity index (χ3v) is 14.0. The highest BCUT2D eigenvalue weighted by Crippen LogP contribution is 2.26. The van der Waals surface area contributed by atoms with Crippen LogP contribution in [0.2, 0.25) is 0 Å². The fourth-order valence-corrected chi connectivity index (χ4v) is 9.71. The maximum atomic E-state index is 14.3. The van der Waals surface area contributed by atoms with Crippen molar-refractivity contribution in [3.8, 4) is 5.75 Å². The standard InChI is InChI=1S/C50H80N8O14/c1-5-28(2)21-29(3)13-10-8-6-7-9-11-15-42(66)53-35-22-33(61)26-52-47(69)37-14-12-20-57(37)50(72)44(40(64)25-41(51)65)56-46(68)36(24-39(63)31-16-18-32(60)19-17-31)54-48(70)38-23-34(62)27-58(38)49(71)43(30(4)59)55-45(35)67/h16-19,28-30,33-40,43-44,59-64H,5-15,20-27H2,1-4H3,(H2,51,65)(H,52,69)(H,53,66)(H,54,70)(H,55,67)(H,56,68)/t28?,29?,30-,33-,34-,35?,36+,37+,38?,39-,40-,43?,44?/m1/s1. The zero-order chi connectivity index (χ0) is 53.2. The number of carbonyl (C=O) groups is 8. The Bertz CT molecular complexity index is 1990. The second-order valence-electron chi connectivity index (χ2n) is 20.2. The van der Waals surface area contributed by atoms with Gasteiger partial charge in [-0.2, -0.15) is 0 Å². The van der Waals surface area contributed by atoms with Crippen molar-refractivity contribution in [1.82, 2.24) is 36.4 Å². The second kappa shape index (κ2) is 28.7. The van der Waals surface area contributed by atoms with E-state index in [2.05, 4.69) is 47.4 Å². The summed E-state index contributed by atoms with van der Waals surface area (Å²) in [5, 5.41) is 77.8. The van der Waals surface area contributed by atoms with E-state index in [1.807, 2.05) is 0 Å². The number of hydrogen-bond acceptors (Lipinski definition) is 14. The monoisotopic (exact) mass is 1020 g/mol. The van der Waals surface area contributed by atoms with Gasteiger partial charge in [0.1, 0.15) is 42.0 Å². The number of phenols is 1. The number of nitrogens with one attached hydrogen (secondary N) is 5. The summed E-state index contributed by atoms with van der Waals surface area (Å²) < 4.78 is 0. The number of amides is 8. The van der Waals surface area contributed by atoms with Gasteiger partial charge in [0.25, 0.3) is 0 Å². The van der Waals surface area contributed by atoms with Gasteiger partial charge < -0.3 is 72.8 Å². The van der Waals surface area contributed by atoms with Gasteiger partial charge in [-0.1, -0.05) is 77.8 Å². The van der Waals surface area contributed by atoms with Crippen molar-refractivity contribution < 1.29 is 69.0 Å². The summed E-state index contributed by atoms with van der Waals surface area (Å²) in [6.45, 7) is 6.97. The van der Waals surface area contributed by atoms with E-state index in [9.17, 15) is 69.0 Å². The van der Waals surface area contributed by atoms with Crippen LogP contribution in [0.1, 0.15) is 142 Å². The van der Waals surface area contributed by atoms with Crippen molar-refractivity contribution in [2.75, 3.05) is 19.6 Å². The number of β-amino-alcohol motifs (C(OH)–C–C–N with tert-alkyl or cyclic N) is 1. The Balaban J connectivity index is 1.62. The molecular formula is C50H80N8O14. The number of aliphatic hydroxyl groups is 5. The Morgan fingerprint density at radius 3 is 2.06 bits per heavy atom. The van der Waals surface area contributed by atoms with Crippen LogP contribution in [0.25, 0.3) is 0 Å². The zero-order valence-electron chi connectivity index (χ0n) is 42.2. The van der Waals surface area contributed by atoms with Crippen LogP contribution in [0.5, 0.6) is 5.75 Å². The fraction of sp³-hybridized carbons (Fsp3) is 0.720. The molecule has 0 spiro atoms. The van der Waals surface area contributed by atoms with Gasteiger partial charge in [0.2, 0.25) is 47.3 Å². The van der Waals surface area contributed by atoms with Gasteiger partial charge in [-0.15, -0.1) is 0 Å². The number of primary amides is 1. The van der Waals surface area contributed by atoms with Gasteiger partial charge >= 0.3 is 0 Å². The van der Waals surface area contributed by atoms with Gasteiger partial charge in [0, 0.05) is 45.3 Å². The molecule has 8 amide bonds. The number of rotatable bonds is 20. The number of carbonyl (C=O) groups excluding carboxylic acids is 8. The number of benzene rings is 1. The molecule has 72 heavy (non-hydrogen) atoms. The first-order valence-corrected chi connectivity index (χ1v) is 25.7. The number of aliphatic hydroxyl groups excluding tert-OH is 5. The Morgan fingerprint density at radius 1 is 0.764 bits per heavy atom. The van der Waals surface area contributed by atoms with Crippen molar-refractivity contribution in [2.24, 2.45) is 17.6 Å². The molecule has 13 atom stereocenters. The second-order valence-corrected chi connectivity index (χ2v) is 20.2. The number of aromatic hydroxyl groups is 1. The number of phenolic OH excluding ortho intramolecular Hbond substituents is 1. The van der Waals surface area contributed by atoms with Gasteiger partial charge in [0.05, 0.1) is 36.9 Å². The van der Waals surface area contributed by atoms with Crippen molar-refractivity contribution in [1.29, 1.82) is 0 Å². The van der Waals surface area contributed by atoms with Crippen LogP contribution in [0, 0.1) is 11.8 Å². The van der Waals surface area contributed by atoms with Crippen LogP contribution in [-0.4, -0.2) is 168 Å². The molecule has 0 radical (unpaired) electrons. The molecule has 3 aliphatic heterocycles. The highest BCUT2D eigenvalue weighted by molar-refractivity contribution is 5.98. The van der Waals surface area contributed by atoms with Gasteiger partial charge in [-0.25, -0.2) is 0 Å². The SMILES string of the molecule is CCC(C)CC(C)CCCCCCCCC(=O)NC1C[C@@H](O)CNC(=O)[C@@H]2CCCN2C(=O)C([C@H](O)CC(N)=O)NC(=O)[C@H](C[C@@H](O)c2ccc(O)cc2)NC(=O)C2C[C@@H](O)CN2C(=O)C([C@@H](C)O)NC1=O. The van der Waals surface area contributed by atoms with E-state index < -0.39 is 146 Å². The summed E-state index contributed by atoms with van der Waals surface area (Å²) in [5.74, 6) is -6.34. The summed E-state index contributed by atoms with van der Waals surface area (Å²) in [6.07, 6.45) is -0.841. The van der Waals surface area contributed by atoms with Crippen LogP contribution >= 0.6 is 0 Å². The molecule has 404 valence electrons. The lowest BCUT2D eigenvalue weighted by Crippen LogP contribution is -2.62. The summed E-state index contributed by atoms with van der Waals surface area (Å²) >= 11 is 0. The van der Waals surface area contributed by atoms with Crippen LogP contribution in [0.15, 0.2) is 24.3 Å². The van der Waals surface area contributed by atoms with E-state index in [0.29, 0.717) is 18.3 Å². The van der Waals surface area contributed by atoms with E-state index in [0.717, 1.165) is 41.9 Å². The predicted molar refractivity (Wildman–Crippen MR) is 262 cm³/mol. The molecule has 3 heterocycles. The van der Waals surface area contributed by atoms with E-state index in [-0.39, 0.29) is 43.5 Å². The first kappa shape index (κ1) is 59.1. The molecule has 3 saturated heterocycles. The first-order chi connectivity index (χ1) is 34.1. The van der Waals surface area contributed by atoms with E-state index in [4.69, 9.17) is 5.73 Å². The van der Waals surface area contributed by atoms with E-state index >= 15 is 0 Å². The molecule has 3 fully saturated rings. The van der Waals surface area contributed by atoms with Crippen LogP contribution in [0.3, 0.4) is 0 Å². The highest BCUT2D eigenvalue weighted by Gasteiger charge is 2.46. The van der Waals surface area contributed by atoms with Gasteiger partial charge in [-0.05, 0) is 62.1 Å². The van der Waals surface area contributed by atoms with Gasteiger partial charge in [0.15, 0.2) is 0 Å². The highest BCUT2D eigenvalue weighted by atomic mass is 16.3. The molecule has 0 aliphatic carbocycles. The topological polar surface area (TPSA) is 351 Å². The Morgan fingerprint density at radius 2 is 1.40 bits per heavy atom. The van der Waals surface area contributed by atoms with Crippen LogP contribution < -0.4 is 32.3 Å². The molecule has 0 bridgehead atoms. The summed E-state index contributed by atoms with van der Waals surface area (Å²) in [5.41, 5.74) is 5.56. The average molecular weight is 1020 g/mol. The van der Waals surface area contributed by atoms with Crippen molar-refractivity contribution in [2.45, 2.75) is 197 Å². The molecular weight excluding hydrogens is 937 g/mol. The van der Waals surface area contributed by atoms with Gasteiger partial charge in [-0.3, -0.25) is 38.4 Å². The van der Waals surface area contributed by atoms with E-state index in [1.54, 1.807) is 0 Å². The largest absolute Gasteiger partial charge is 0.508 e. The summed E-state index contributed by atoms with van der Waals surface area (Å²) in [6, 6.07) is -4.52. The first-order valence-electron chi connectivity index (χ1n) is 25.7. The molecule has 1 aromatic rings. The summed E-state index contributed by atoms with van der Waals surface area (Å²) in [7, 11) is 0. The van der Waals surface area contributed by atoms with Crippen molar-refractivity contribution in [3.05, 3.63) is 29.8 Å². The molecule has 22 heteroatoms. The summed E-state index contributed by atoms with van der Waals surface area (Å²) in [4.78, 5) is 112. The molecule has 0 saturated carbocycles. The normalized spacial score (nSPS) is 27.2. The number of hydrogen-bond donors (Lipinski definition) is 12. The maximum absolute atomic E-state index is 14.3. The molecule has 3 aliphatic rings.